The van der Waals surface area contributed by atoms with Gasteiger partial charge in [0.25, 0.3) is 5.56 Å². The van der Waals surface area contributed by atoms with Crippen molar-refractivity contribution in [3.63, 3.8) is 0 Å². The predicted molar refractivity (Wildman–Crippen MR) is 139 cm³/mol. The first kappa shape index (κ1) is 23.6. The van der Waals surface area contributed by atoms with Crippen LogP contribution in [0.2, 0.25) is 5.02 Å². The molecule has 0 N–H and O–H groups in total. The van der Waals surface area contributed by atoms with Crippen molar-refractivity contribution in [1.29, 1.82) is 0 Å². The summed E-state index contributed by atoms with van der Waals surface area (Å²) in [6.45, 7) is 1.99. The Kier molecular flexibility index (Phi) is 6.41. The number of anilines is 1. The molecule has 35 heavy (non-hydrogen) atoms. The quantitative estimate of drug-likeness (QED) is 0.360. The molecular formula is C24H24BrClN6O3. The van der Waals surface area contributed by atoms with E-state index in [-0.39, 0.29) is 13.1 Å². The smallest absolute Gasteiger partial charge is 0.332 e. The minimum Gasteiger partial charge on any atom is -0.496 e. The van der Waals surface area contributed by atoms with Crippen LogP contribution < -0.4 is 20.9 Å². The van der Waals surface area contributed by atoms with Gasteiger partial charge in [-0.2, -0.15) is 5.10 Å². The van der Waals surface area contributed by atoms with E-state index < -0.39 is 11.2 Å². The molecule has 1 saturated heterocycles. The number of rotatable bonds is 6. The molecule has 4 aromatic rings. The number of benzene rings is 2. The lowest BCUT2D eigenvalue weighted by Gasteiger charge is -2.22. The van der Waals surface area contributed by atoms with Gasteiger partial charge in [-0.25, -0.2) is 9.78 Å². The molecule has 0 amide bonds. The standard InChI is InChI=1S/C24H24BrClN6O3/c1-29-14-27-21(28-29)13-32-23(33)22-19(10-17(11-20(22)35-2)30-7-3-4-8-30)31(24(32)34)12-15-9-16(26)5-6-18(15)25/h5-6,9-11,14H,3-4,7-8,12-13H2,1-2H3. The Hall–Kier alpha value is -3.11. The number of methoxy groups -OCH3 is 1. The maximum Gasteiger partial charge on any atom is 0.332 e. The van der Waals surface area contributed by atoms with E-state index in [1.807, 2.05) is 18.2 Å². The molecule has 2 aromatic carbocycles. The van der Waals surface area contributed by atoms with Crippen molar-refractivity contribution < 1.29 is 4.74 Å². The fourth-order valence-corrected chi connectivity index (χ4v) is 5.10. The molecule has 0 saturated carbocycles. The molecule has 1 aliphatic heterocycles. The number of ether oxygens (including phenoxy) is 1. The van der Waals surface area contributed by atoms with Crippen molar-refractivity contribution in [2.75, 3.05) is 25.1 Å². The third kappa shape index (κ3) is 4.48. The molecule has 2 aromatic heterocycles. The minimum absolute atomic E-state index is 0.0534. The first-order chi connectivity index (χ1) is 16.9. The lowest BCUT2D eigenvalue weighted by molar-refractivity contribution is 0.418. The molecule has 0 unspecified atom stereocenters. The van der Waals surface area contributed by atoms with E-state index in [1.54, 1.807) is 23.7 Å². The monoisotopic (exact) mass is 558 g/mol. The largest absolute Gasteiger partial charge is 0.496 e. The van der Waals surface area contributed by atoms with Crippen LogP contribution >= 0.6 is 27.5 Å². The van der Waals surface area contributed by atoms with Gasteiger partial charge in [-0.15, -0.1) is 0 Å². The predicted octanol–water partition coefficient (Wildman–Crippen LogP) is 3.41. The molecular weight excluding hydrogens is 536 g/mol. The fraction of sp³-hybridized carbons (Fsp3) is 0.333. The Morgan fingerprint density at radius 1 is 1.09 bits per heavy atom. The SMILES string of the molecule is COc1cc(N2CCCC2)cc2c1c(=O)n(Cc1ncn(C)n1)c(=O)n2Cc1cc(Cl)ccc1Br. The van der Waals surface area contributed by atoms with Crippen molar-refractivity contribution in [2.45, 2.75) is 25.9 Å². The van der Waals surface area contributed by atoms with Gasteiger partial charge >= 0.3 is 5.69 Å². The summed E-state index contributed by atoms with van der Waals surface area (Å²) in [5.41, 5.74) is 1.35. The molecule has 1 aliphatic rings. The van der Waals surface area contributed by atoms with E-state index in [2.05, 4.69) is 30.9 Å². The number of nitrogens with zero attached hydrogens (tertiary/aromatic N) is 6. The molecule has 3 heterocycles. The maximum atomic E-state index is 13.8. The number of hydrogen-bond donors (Lipinski definition) is 0. The van der Waals surface area contributed by atoms with Gasteiger partial charge in [-0.05, 0) is 42.7 Å². The van der Waals surface area contributed by atoms with E-state index in [1.165, 1.54) is 18.1 Å². The van der Waals surface area contributed by atoms with Gasteiger partial charge in [-0.1, -0.05) is 27.5 Å². The second kappa shape index (κ2) is 9.50. The van der Waals surface area contributed by atoms with E-state index in [9.17, 15) is 9.59 Å². The van der Waals surface area contributed by atoms with Crippen LogP contribution in [-0.2, 0) is 20.1 Å². The van der Waals surface area contributed by atoms with Crippen LogP contribution in [0.4, 0.5) is 5.69 Å². The van der Waals surface area contributed by atoms with Crippen molar-refractivity contribution in [1.82, 2.24) is 23.9 Å². The summed E-state index contributed by atoms with van der Waals surface area (Å²) in [5.74, 6) is 0.797. The molecule has 11 heteroatoms. The van der Waals surface area contributed by atoms with Gasteiger partial charge in [0.15, 0.2) is 5.82 Å². The Labute approximate surface area is 214 Å². The van der Waals surface area contributed by atoms with Crippen LogP contribution in [0.3, 0.4) is 0 Å². The van der Waals surface area contributed by atoms with Crippen LogP contribution in [0, 0.1) is 0 Å². The molecule has 5 rings (SSSR count). The van der Waals surface area contributed by atoms with Crippen LogP contribution in [0.15, 0.2) is 50.7 Å². The summed E-state index contributed by atoms with van der Waals surface area (Å²) in [4.78, 5) is 33.9. The highest BCUT2D eigenvalue weighted by Crippen LogP contribution is 2.32. The van der Waals surface area contributed by atoms with Crippen molar-refractivity contribution in [2.24, 2.45) is 7.05 Å². The van der Waals surface area contributed by atoms with Crippen molar-refractivity contribution in [3.8, 4) is 5.75 Å². The zero-order valence-electron chi connectivity index (χ0n) is 19.4. The normalized spacial score (nSPS) is 13.7. The van der Waals surface area contributed by atoms with Gasteiger partial charge in [0, 0.05) is 41.4 Å². The molecule has 0 spiro atoms. The highest BCUT2D eigenvalue weighted by Gasteiger charge is 2.22. The number of aromatic nitrogens is 5. The zero-order chi connectivity index (χ0) is 24.7. The molecule has 9 nitrogen and oxygen atoms in total. The van der Waals surface area contributed by atoms with Crippen LogP contribution in [0.1, 0.15) is 24.2 Å². The van der Waals surface area contributed by atoms with E-state index in [4.69, 9.17) is 16.3 Å². The van der Waals surface area contributed by atoms with Crippen molar-refractivity contribution >= 4 is 44.1 Å². The van der Waals surface area contributed by atoms with Crippen LogP contribution in [0.5, 0.6) is 5.75 Å². The Morgan fingerprint density at radius 2 is 1.86 bits per heavy atom. The molecule has 0 atom stereocenters. The first-order valence-electron chi connectivity index (χ1n) is 11.2. The summed E-state index contributed by atoms with van der Waals surface area (Å²) in [7, 11) is 3.27. The average Bonchev–Trinajstić information content (AvgIpc) is 3.52. The fourth-order valence-electron chi connectivity index (χ4n) is 4.53. The molecule has 0 radical (unpaired) electrons. The summed E-state index contributed by atoms with van der Waals surface area (Å²) in [6.07, 6.45) is 3.73. The highest BCUT2D eigenvalue weighted by atomic mass is 79.9. The summed E-state index contributed by atoms with van der Waals surface area (Å²) >= 11 is 9.82. The van der Waals surface area contributed by atoms with Crippen LogP contribution in [-0.4, -0.2) is 44.1 Å². The van der Waals surface area contributed by atoms with Gasteiger partial charge in [-0.3, -0.25) is 18.6 Å². The van der Waals surface area contributed by atoms with Gasteiger partial charge in [0.1, 0.15) is 17.5 Å². The highest BCUT2D eigenvalue weighted by molar-refractivity contribution is 9.10. The van der Waals surface area contributed by atoms with Crippen molar-refractivity contribution in [3.05, 3.63) is 78.4 Å². The molecule has 182 valence electrons. The molecule has 0 aliphatic carbocycles. The number of hydrogen-bond acceptors (Lipinski definition) is 6. The Morgan fingerprint density at radius 3 is 2.54 bits per heavy atom. The second-order valence-electron chi connectivity index (χ2n) is 8.57. The first-order valence-corrected chi connectivity index (χ1v) is 12.4. The number of halogens is 2. The van der Waals surface area contributed by atoms with Gasteiger partial charge in [0.05, 0.1) is 25.7 Å². The van der Waals surface area contributed by atoms with Crippen LogP contribution in [0.25, 0.3) is 10.9 Å². The number of fused-ring (bicyclic) bond motifs is 1. The topological polar surface area (TPSA) is 87.2 Å². The van der Waals surface area contributed by atoms with E-state index in [0.29, 0.717) is 27.5 Å². The Bertz CT molecular complexity index is 1540. The van der Waals surface area contributed by atoms with E-state index in [0.717, 1.165) is 46.2 Å². The molecule has 0 bridgehead atoms. The summed E-state index contributed by atoms with van der Waals surface area (Å²) < 4.78 is 10.8. The average molecular weight is 560 g/mol. The third-order valence-electron chi connectivity index (χ3n) is 6.25. The van der Waals surface area contributed by atoms with Gasteiger partial charge < -0.3 is 9.64 Å². The summed E-state index contributed by atoms with van der Waals surface area (Å²) in [5, 5.41) is 5.15. The minimum atomic E-state index is -0.456. The lowest BCUT2D eigenvalue weighted by atomic mass is 10.1. The second-order valence-corrected chi connectivity index (χ2v) is 9.86. The lowest BCUT2D eigenvalue weighted by Crippen LogP contribution is -2.41. The van der Waals surface area contributed by atoms with E-state index >= 15 is 0 Å². The number of aryl methyl sites for hydroxylation is 1. The third-order valence-corrected chi connectivity index (χ3v) is 7.26. The molecule has 1 fully saturated rings. The van der Waals surface area contributed by atoms with Gasteiger partial charge in [0.2, 0.25) is 0 Å². The maximum absolute atomic E-state index is 13.8. The Balaban J connectivity index is 1.79. The zero-order valence-corrected chi connectivity index (χ0v) is 21.7. The summed E-state index contributed by atoms with van der Waals surface area (Å²) in [6, 6.07) is 9.21.